The molecule has 3 heterocycles. The van der Waals surface area contributed by atoms with Crippen molar-refractivity contribution in [2.45, 2.75) is 17.9 Å². The fourth-order valence-corrected chi connectivity index (χ4v) is 4.15. The van der Waals surface area contributed by atoms with Crippen LogP contribution < -0.4 is 9.04 Å². The van der Waals surface area contributed by atoms with Gasteiger partial charge in [0.05, 0.1) is 18.2 Å². The number of ether oxygens (including phenoxy) is 2. The highest BCUT2D eigenvalue weighted by atomic mass is 35.5. The van der Waals surface area contributed by atoms with E-state index in [9.17, 15) is 4.79 Å². The lowest BCUT2D eigenvalue weighted by atomic mass is 10.1. The van der Waals surface area contributed by atoms with Crippen LogP contribution in [0.1, 0.15) is 15.9 Å². The lowest BCUT2D eigenvalue weighted by Crippen LogP contribution is -2.54. The molecule has 0 radical (unpaired) electrons. The molecule has 0 atom stereocenters. The predicted octanol–water partition coefficient (Wildman–Crippen LogP) is 3.42. The summed E-state index contributed by atoms with van der Waals surface area (Å²) in [5.41, 5.74) is 2.41. The Balaban J connectivity index is 1.55. The standard InChI is InChI=1S/C19H20ClN3O3S/c1-12-7-15(3-4-16(12)20)27-23-5-6-26-18-17(23)8-13(9-21-18)19(24)22-10-14(11-22)25-2/h3-4,7-9,14H,5-6,10-11H2,1-2H3. The molecule has 0 aliphatic carbocycles. The highest BCUT2D eigenvalue weighted by molar-refractivity contribution is 8.00. The number of likely N-dealkylation sites (tertiary alicyclic amines) is 1. The Bertz CT molecular complexity index is 873. The van der Waals surface area contributed by atoms with Gasteiger partial charge in [-0.25, -0.2) is 4.98 Å². The second-order valence-electron chi connectivity index (χ2n) is 6.57. The van der Waals surface area contributed by atoms with Crippen LogP contribution in [0.25, 0.3) is 0 Å². The molecule has 1 fully saturated rings. The summed E-state index contributed by atoms with van der Waals surface area (Å²) in [7, 11) is 1.66. The first-order valence-electron chi connectivity index (χ1n) is 8.71. The number of fused-ring (bicyclic) bond motifs is 1. The lowest BCUT2D eigenvalue weighted by molar-refractivity contribution is -0.0192. The molecule has 1 aromatic heterocycles. The van der Waals surface area contributed by atoms with Crippen LogP contribution >= 0.6 is 23.5 Å². The summed E-state index contributed by atoms with van der Waals surface area (Å²) in [6, 6.07) is 7.80. The summed E-state index contributed by atoms with van der Waals surface area (Å²) in [5, 5.41) is 0.750. The Hall–Kier alpha value is -1.96. The number of aryl methyl sites for hydroxylation is 1. The Morgan fingerprint density at radius 2 is 2.19 bits per heavy atom. The van der Waals surface area contributed by atoms with Gasteiger partial charge in [0, 0.05) is 36.3 Å². The molecule has 6 nitrogen and oxygen atoms in total. The van der Waals surface area contributed by atoms with Gasteiger partial charge in [0.1, 0.15) is 12.3 Å². The Morgan fingerprint density at radius 1 is 1.37 bits per heavy atom. The minimum absolute atomic E-state index is 0.0311. The first-order valence-corrected chi connectivity index (χ1v) is 9.87. The number of halogens is 1. The van der Waals surface area contributed by atoms with Gasteiger partial charge in [0.2, 0.25) is 5.88 Å². The topological polar surface area (TPSA) is 54.9 Å². The Morgan fingerprint density at radius 3 is 2.93 bits per heavy atom. The molecule has 27 heavy (non-hydrogen) atoms. The van der Waals surface area contributed by atoms with E-state index >= 15 is 0 Å². The van der Waals surface area contributed by atoms with Gasteiger partial charge in [-0.3, -0.25) is 4.79 Å². The molecular formula is C19H20ClN3O3S. The molecule has 4 rings (SSSR count). The normalized spacial score (nSPS) is 16.6. The predicted molar refractivity (Wildman–Crippen MR) is 106 cm³/mol. The third-order valence-electron chi connectivity index (χ3n) is 4.69. The van der Waals surface area contributed by atoms with Crippen LogP contribution in [0, 0.1) is 6.92 Å². The number of nitrogens with zero attached hydrogens (tertiary/aromatic N) is 3. The SMILES string of the molecule is COC1CN(C(=O)c2cnc3c(c2)N(Sc2ccc(Cl)c(C)c2)CCO3)C1. The summed E-state index contributed by atoms with van der Waals surface area (Å²) in [4.78, 5) is 19.9. The van der Waals surface area contributed by atoms with E-state index in [0.29, 0.717) is 37.7 Å². The van der Waals surface area contributed by atoms with Gasteiger partial charge >= 0.3 is 0 Å². The molecule has 0 unspecified atom stereocenters. The number of aromatic nitrogens is 1. The molecule has 0 N–H and O–H groups in total. The highest BCUT2D eigenvalue weighted by Gasteiger charge is 2.32. The average molecular weight is 406 g/mol. The van der Waals surface area contributed by atoms with Crippen molar-refractivity contribution in [3.05, 3.63) is 46.6 Å². The van der Waals surface area contributed by atoms with Crippen LogP contribution in [0.15, 0.2) is 35.4 Å². The van der Waals surface area contributed by atoms with E-state index in [0.717, 1.165) is 21.2 Å². The highest BCUT2D eigenvalue weighted by Crippen LogP contribution is 2.38. The number of hydrogen-bond acceptors (Lipinski definition) is 6. The largest absolute Gasteiger partial charge is 0.474 e. The summed E-state index contributed by atoms with van der Waals surface area (Å²) < 4.78 is 13.0. The van der Waals surface area contributed by atoms with Gasteiger partial charge in [-0.1, -0.05) is 11.6 Å². The molecule has 0 spiro atoms. The van der Waals surface area contributed by atoms with Crippen LogP contribution in [-0.2, 0) is 4.74 Å². The smallest absolute Gasteiger partial charge is 0.255 e. The molecule has 2 aliphatic rings. The van der Waals surface area contributed by atoms with Crippen molar-refractivity contribution in [1.29, 1.82) is 0 Å². The third-order valence-corrected chi connectivity index (χ3v) is 6.18. The van der Waals surface area contributed by atoms with Crippen LogP contribution in [0.3, 0.4) is 0 Å². The number of benzene rings is 1. The Labute approximate surface area is 167 Å². The second kappa shape index (κ2) is 7.58. The van der Waals surface area contributed by atoms with Crippen molar-refractivity contribution in [3.8, 4) is 5.88 Å². The van der Waals surface area contributed by atoms with Crippen LogP contribution in [0.4, 0.5) is 5.69 Å². The zero-order valence-corrected chi connectivity index (χ0v) is 16.7. The van der Waals surface area contributed by atoms with Crippen molar-refractivity contribution in [3.63, 3.8) is 0 Å². The number of methoxy groups -OCH3 is 1. The maximum atomic E-state index is 12.7. The minimum atomic E-state index is -0.0311. The fraction of sp³-hybridized carbons (Fsp3) is 0.368. The number of amides is 1. The van der Waals surface area contributed by atoms with Gasteiger partial charge in [-0.15, -0.1) is 0 Å². The lowest BCUT2D eigenvalue weighted by Gasteiger charge is -2.38. The molecule has 0 saturated carbocycles. The van der Waals surface area contributed by atoms with E-state index in [2.05, 4.69) is 15.4 Å². The number of carbonyl (C=O) groups excluding carboxylic acids is 1. The first kappa shape index (κ1) is 18.4. The van der Waals surface area contributed by atoms with Gasteiger partial charge in [0.25, 0.3) is 5.91 Å². The number of pyridine rings is 1. The number of carbonyl (C=O) groups is 1. The maximum absolute atomic E-state index is 12.7. The molecule has 142 valence electrons. The zero-order valence-electron chi connectivity index (χ0n) is 15.1. The molecule has 8 heteroatoms. The number of hydrogen-bond donors (Lipinski definition) is 0. The van der Waals surface area contributed by atoms with Gasteiger partial charge < -0.3 is 18.7 Å². The molecule has 2 aliphatic heterocycles. The van der Waals surface area contributed by atoms with Crippen LogP contribution in [0.2, 0.25) is 5.02 Å². The zero-order chi connectivity index (χ0) is 19.0. The van der Waals surface area contributed by atoms with Gasteiger partial charge in [-0.2, -0.15) is 0 Å². The summed E-state index contributed by atoms with van der Waals surface area (Å²) in [6.07, 6.45) is 1.71. The van der Waals surface area contributed by atoms with E-state index in [1.54, 1.807) is 30.2 Å². The van der Waals surface area contributed by atoms with E-state index < -0.39 is 0 Å². The van der Waals surface area contributed by atoms with E-state index in [-0.39, 0.29) is 12.0 Å². The summed E-state index contributed by atoms with van der Waals surface area (Å²) in [5.74, 6) is 0.519. The van der Waals surface area contributed by atoms with Crippen LogP contribution in [0.5, 0.6) is 5.88 Å². The molecule has 0 bridgehead atoms. The molecule has 1 saturated heterocycles. The van der Waals surface area contributed by atoms with E-state index in [1.807, 2.05) is 25.1 Å². The van der Waals surface area contributed by atoms with Crippen molar-refractivity contribution >= 4 is 35.1 Å². The molecule has 2 aromatic rings. The van der Waals surface area contributed by atoms with E-state index in [1.165, 1.54) is 0 Å². The monoisotopic (exact) mass is 405 g/mol. The first-order chi connectivity index (χ1) is 13.0. The third kappa shape index (κ3) is 3.72. The van der Waals surface area contributed by atoms with Crippen LogP contribution in [-0.4, -0.2) is 55.2 Å². The average Bonchev–Trinajstić information content (AvgIpc) is 2.64. The van der Waals surface area contributed by atoms with Crippen molar-refractivity contribution in [2.75, 3.05) is 37.7 Å². The number of rotatable bonds is 4. The van der Waals surface area contributed by atoms with Crippen molar-refractivity contribution in [1.82, 2.24) is 9.88 Å². The summed E-state index contributed by atoms with van der Waals surface area (Å²) in [6.45, 7) is 4.47. The van der Waals surface area contributed by atoms with Gasteiger partial charge in [0.15, 0.2) is 0 Å². The fourth-order valence-electron chi connectivity index (χ4n) is 3.02. The van der Waals surface area contributed by atoms with Gasteiger partial charge in [-0.05, 0) is 48.7 Å². The van der Waals surface area contributed by atoms with Crippen molar-refractivity contribution < 1.29 is 14.3 Å². The quantitative estimate of drug-likeness (QED) is 0.726. The molecular weight excluding hydrogens is 386 g/mol. The number of anilines is 1. The van der Waals surface area contributed by atoms with E-state index in [4.69, 9.17) is 21.1 Å². The second-order valence-corrected chi connectivity index (χ2v) is 8.07. The molecule has 1 aromatic carbocycles. The molecule has 1 amide bonds. The van der Waals surface area contributed by atoms with Crippen molar-refractivity contribution in [2.24, 2.45) is 0 Å². The maximum Gasteiger partial charge on any atom is 0.255 e. The minimum Gasteiger partial charge on any atom is -0.474 e. The summed E-state index contributed by atoms with van der Waals surface area (Å²) >= 11 is 7.72. The Kier molecular flexibility index (Phi) is 5.16.